The minimum Gasteiger partial charge on any atom is -0.298 e. The predicted octanol–water partition coefficient (Wildman–Crippen LogP) is 1.09. The van der Waals surface area contributed by atoms with Gasteiger partial charge in [-0.2, -0.15) is 0 Å². The Balaban J connectivity index is 1.73. The first-order valence-corrected chi connectivity index (χ1v) is 9.59. The van der Waals surface area contributed by atoms with Gasteiger partial charge in [-0.3, -0.25) is 19.4 Å². The number of fused-ring (bicyclic) bond motifs is 2. The second-order valence-corrected chi connectivity index (χ2v) is 7.36. The lowest BCUT2D eigenvalue weighted by atomic mass is 10.1. The van der Waals surface area contributed by atoms with Gasteiger partial charge < -0.3 is 0 Å². The van der Waals surface area contributed by atoms with E-state index in [-0.39, 0.29) is 18.2 Å². The number of urea groups is 1. The van der Waals surface area contributed by atoms with Crippen LogP contribution in [-0.4, -0.2) is 76.6 Å². The lowest BCUT2D eigenvalue weighted by Gasteiger charge is -2.34. The van der Waals surface area contributed by atoms with Crippen LogP contribution in [0.15, 0.2) is 29.3 Å². The summed E-state index contributed by atoms with van der Waals surface area (Å²) in [5.74, 6) is 0.513. The number of likely N-dealkylation sites (N-methyl/N-ethyl adjacent to an activating group) is 1. The Hall–Kier alpha value is -3.03. The monoisotopic (exact) mass is 382 g/mol. The molecule has 1 saturated heterocycles. The Kier molecular flexibility index (Phi) is 4.49. The van der Waals surface area contributed by atoms with Crippen molar-refractivity contribution in [1.29, 1.82) is 0 Å². The number of hydrogen-bond acceptors (Lipinski definition) is 5. The number of aliphatic imine (C=N–C) groups is 1. The fourth-order valence-corrected chi connectivity index (χ4v) is 3.97. The molecule has 1 aromatic rings. The highest BCUT2D eigenvalue weighted by Gasteiger charge is 2.54. The summed E-state index contributed by atoms with van der Waals surface area (Å²) >= 11 is 0. The third-order valence-corrected chi connectivity index (χ3v) is 5.45. The summed E-state index contributed by atoms with van der Waals surface area (Å²) in [6, 6.07) is 7.16. The van der Waals surface area contributed by atoms with Gasteiger partial charge in [-0.15, -0.1) is 0 Å². The van der Waals surface area contributed by atoms with Gasteiger partial charge in [-0.1, -0.05) is 24.0 Å². The van der Waals surface area contributed by atoms with Crippen LogP contribution in [0.4, 0.5) is 10.5 Å². The van der Waals surface area contributed by atoms with E-state index < -0.39 is 12.1 Å². The smallest absolute Gasteiger partial charge is 0.298 e. The molecule has 1 unspecified atom stereocenters. The Morgan fingerprint density at radius 2 is 1.96 bits per heavy atom. The van der Waals surface area contributed by atoms with Crippen molar-refractivity contribution < 1.29 is 19.0 Å². The molecule has 4 rings (SSSR count). The number of Topliss-reactive ketones (excluding diaryl/α,β-unsaturated/α-hetero) is 1. The molecule has 3 amide bonds. The molecule has 0 radical (unpaired) electrons. The molecule has 0 aromatic heterocycles. The summed E-state index contributed by atoms with van der Waals surface area (Å²) < 4.78 is 1.95. The maximum Gasteiger partial charge on any atom is 0.397 e. The number of carbonyl (C=O) groups is 3. The quantitative estimate of drug-likeness (QED) is 0.731. The molecule has 0 N–H and O–H groups in total. The van der Waals surface area contributed by atoms with Crippen molar-refractivity contribution in [2.24, 2.45) is 4.99 Å². The van der Waals surface area contributed by atoms with Crippen molar-refractivity contribution >= 4 is 35.2 Å². The lowest BCUT2D eigenvalue weighted by molar-refractivity contribution is -0.539. The normalized spacial score (nSPS) is 21.8. The van der Waals surface area contributed by atoms with Crippen molar-refractivity contribution in [1.82, 2.24) is 9.80 Å². The number of ketones is 1. The maximum absolute atomic E-state index is 13.1. The first-order valence-electron chi connectivity index (χ1n) is 9.59. The second kappa shape index (κ2) is 6.85. The van der Waals surface area contributed by atoms with Gasteiger partial charge in [0, 0.05) is 13.5 Å². The number of anilines is 1. The number of amides is 3. The van der Waals surface area contributed by atoms with E-state index >= 15 is 0 Å². The van der Waals surface area contributed by atoms with Crippen LogP contribution < -0.4 is 4.90 Å². The number of nitrogens with zero attached hydrogens (tertiary/aromatic N) is 5. The molecule has 3 aliphatic heterocycles. The molecule has 28 heavy (non-hydrogen) atoms. The highest BCUT2D eigenvalue weighted by molar-refractivity contribution is 6.24. The molecule has 3 aliphatic rings. The maximum atomic E-state index is 13.1. The summed E-state index contributed by atoms with van der Waals surface area (Å²) in [7, 11) is 1.60. The number of guanidine groups is 1. The average molecular weight is 382 g/mol. The summed E-state index contributed by atoms with van der Waals surface area (Å²) in [4.78, 5) is 46.4. The van der Waals surface area contributed by atoms with Crippen LogP contribution in [0.3, 0.4) is 0 Å². The topological polar surface area (TPSA) is 76.3 Å². The van der Waals surface area contributed by atoms with Gasteiger partial charge in [0.2, 0.25) is 11.9 Å². The van der Waals surface area contributed by atoms with E-state index in [9.17, 15) is 14.4 Å². The molecule has 0 aliphatic carbocycles. The zero-order valence-electron chi connectivity index (χ0n) is 16.4. The molecular formula is C20H24N5O3+. The summed E-state index contributed by atoms with van der Waals surface area (Å²) in [5, 5.41) is 0. The van der Waals surface area contributed by atoms with Gasteiger partial charge >= 0.3 is 12.0 Å². The fourth-order valence-electron chi connectivity index (χ4n) is 3.97. The first kappa shape index (κ1) is 18.3. The van der Waals surface area contributed by atoms with Crippen molar-refractivity contribution in [2.75, 3.05) is 31.6 Å². The van der Waals surface area contributed by atoms with Crippen LogP contribution in [0.5, 0.6) is 0 Å². The van der Waals surface area contributed by atoms with Crippen LogP contribution in [0.2, 0.25) is 0 Å². The van der Waals surface area contributed by atoms with Crippen LogP contribution in [0, 0.1) is 0 Å². The lowest BCUT2D eigenvalue weighted by Crippen LogP contribution is -2.64. The highest BCUT2D eigenvalue weighted by atomic mass is 16.2. The Bertz CT molecular complexity index is 918. The molecule has 1 atom stereocenters. The minimum atomic E-state index is -0.658. The Labute approximate surface area is 163 Å². The van der Waals surface area contributed by atoms with Crippen LogP contribution >= 0.6 is 0 Å². The van der Waals surface area contributed by atoms with Gasteiger partial charge in [0.25, 0.3) is 5.91 Å². The molecule has 8 heteroatoms. The first-order chi connectivity index (χ1) is 13.4. The number of benzene rings is 1. The predicted molar refractivity (Wildman–Crippen MR) is 105 cm³/mol. The number of imide groups is 1. The zero-order chi connectivity index (χ0) is 20.0. The number of hydrogen-bond donors (Lipinski definition) is 0. The number of rotatable bonds is 4. The molecule has 0 saturated carbocycles. The van der Waals surface area contributed by atoms with Crippen molar-refractivity contribution in [2.45, 2.75) is 32.7 Å². The summed E-state index contributed by atoms with van der Waals surface area (Å²) in [6.45, 7) is 4.75. The van der Waals surface area contributed by atoms with Crippen molar-refractivity contribution in [3.63, 3.8) is 0 Å². The van der Waals surface area contributed by atoms with Crippen molar-refractivity contribution in [3.8, 4) is 0 Å². The molecular weight excluding hydrogens is 358 g/mol. The molecule has 1 fully saturated rings. The van der Waals surface area contributed by atoms with Gasteiger partial charge in [-0.05, 0) is 31.0 Å². The molecule has 146 valence electrons. The summed E-state index contributed by atoms with van der Waals surface area (Å²) in [6.07, 6.45) is 1.84. The van der Waals surface area contributed by atoms with E-state index in [0.29, 0.717) is 18.3 Å². The molecule has 8 nitrogen and oxygen atoms in total. The van der Waals surface area contributed by atoms with Gasteiger partial charge in [-0.25, -0.2) is 14.3 Å². The number of carbonyl (C=O) groups excluding carboxylic acids is 3. The van der Waals surface area contributed by atoms with E-state index in [1.54, 1.807) is 7.05 Å². The van der Waals surface area contributed by atoms with E-state index in [0.717, 1.165) is 30.0 Å². The Morgan fingerprint density at radius 3 is 2.61 bits per heavy atom. The second-order valence-electron chi connectivity index (χ2n) is 7.36. The minimum absolute atomic E-state index is 0.211. The third kappa shape index (κ3) is 2.80. The standard InChI is InChI=1S/C20H24N5O3/c1-4-14-6-8-15(9-7-14)23-10-5-11-24-16-17(21-19(23)24)22(3)20(28)25(18(16)27)12-13(2)26/h6-9,16H,4-5,10-12H2,1-3H3/q+1. The van der Waals surface area contributed by atoms with E-state index in [2.05, 4.69) is 41.1 Å². The van der Waals surface area contributed by atoms with E-state index in [1.165, 1.54) is 17.4 Å². The van der Waals surface area contributed by atoms with Gasteiger partial charge in [0.1, 0.15) is 11.5 Å². The van der Waals surface area contributed by atoms with Crippen molar-refractivity contribution in [3.05, 3.63) is 29.8 Å². The molecule has 0 spiro atoms. The summed E-state index contributed by atoms with van der Waals surface area (Å²) in [5.41, 5.74) is 2.27. The average Bonchev–Trinajstić information content (AvgIpc) is 3.09. The molecule has 0 bridgehead atoms. The fraction of sp³-hybridized carbons (Fsp3) is 0.450. The number of aryl methyl sites for hydroxylation is 1. The van der Waals surface area contributed by atoms with Crippen LogP contribution in [0.1, 0.15) is 25.8 Å². The molecule has 1 aromatic carbocycles. The Morgan fingerprint density at radius 1 is 1.25 bits per heavy atom. The van der Waals surface area contributed by atoms with E-state index in [4.69, 9.17) is 0 Å². The third-order valence-electron chi connectivity index (χ3n) is 5.45. The highest BCUT2D eigenvalue weighted by Crippen LogP contribution is 2.26. The SMILES string of the molecule is CCc1ccc(N2CCC[N+]3=C2N=C2C3C(=O)N(CC(C)=O)C(=O)N2C)cc1. The zero-order valence-corrected chi connectivity index (χ0v) is 16.4. The largest absolute Gasteiger partial charge is 0.397 e. The van der Waals surface area contributed by atoms with Gasteiger partial charge in [0.15, 0.2) is 0 Å². The molecule has 3 heterocycles. The van der Waals surface area contributed by atoms with E-state index in [1.807, 2.05) is 4.58 Å². The van der Waals surface area contributed by atoms with Gasteiger partial charge in [0.05, 0.1) is 19.6 Å². The van der Waals surface area contributed by atoms with Crippen LogP contribution in [0.25, 0.3) is 0 Å². The van der Waals surface area contributed by atoms with Crippen LogP contribution in [-0.2, 0) is 16.0 Å². The number of amidine groups is 1.